The van der Waals surface area contributed by atoms with Crippen LogP contribution < -0.4 is 5.73 Å². The highest BCUT2D eigenvalue weighted by molar-refractivity contribution is 5.25. The largest absolute Gasteiger partial charge is 0.322 e. The van der Waals surface area contributed by atoms with Crippen LogP contribution in [-0.2, 0) is 0 Å². The summed E-state index contributed by atoms with van der Waals surface area (Å²) in [5.74, 6) is 1.51. The summed E-state index contributed by atoms with van der Waals surface area (Å²) in [7, 11) is 0. The van der Waals surface area contributed by atoms with Gasteiger partial charge in [0.05, 0.1) is 11.7 Å². The van der Waals surface area contributed by atoms with Crippen molar-refractivity contribution in [1.82, 2.24) is 4.98 Å². The van der Waals surface area contributed by atoms with Crippen molar-refractivity contribution >= 4 is 0 Å². The van der Waals surface area contributed by atoms with Crippen LogP contribution in [0.3, 0.4) is 0 Å². The lowest BCUT2D eigenvalue weighted by Gasteiger charge is -2.30. The van der Waals surface area contributed by atoms with Crippen molar-refractivity contribution in [2.45, 2.75) is 52.5 Å². The Kier molecular flexibility index (Phi) is 3.82. The fourth-order valence-electron chi connectivity index (χ4n) is 2.94. The molecule has 17 heavy (non-hydrogen) atoms. The van der Waals surface area contributed by atoms with Crippen molar-refractivity contribution in [3.05, 3.63) is 29.1 Å². The predicted octanol–water partition coefficient (Wildman–Crippen LogP) is 3.52. The van der Waals surface area contributed by atoms with Gasteiger partial charge in [-0.2, -0.15) is 0 Å². The van der Waals surface area contributed by atoms with Crippen molar-refractivity contribution in [1.29, 1.82) is 0 Å². The van der Waals surface area contributed by atoms with Gasteiger partial charge in [0.2, 0.25) is 0 Å². The molecule has 2 rings (SSSR count). The molecule has 2 nitrogen and oxygen atoms in total. The number of nitrogens with zero attached hydrogens (tertiary/aromatic N) is 1. The molecule has 1 fully saturated rings. The van der Waals surface area contributed by atoms with Gasteiger partial charge in [-0.25, -0.2) is 0 Å². The first-order valence-electron chi connectivity index (χ1n) is 6.76. The van der Waals surface area contributed by atoms with E-state index in [2.05, 4.69) is 31.8 Å². The smallest absolute Gasteiger partial charge is 0.0603 e. The van der Waals surface area contributed by atoms with Gasteiger partial charge in [-0.3, -0.25) is 4.98 Å². The van der Waals surface area contributed by atoms with Gasteiger partial charge in [-0.1, -0.05) is 25.8 Å². The molecule has 0 radical (unpaired) electrons. The quantitative estimate of drug-likeness (QED) is 0.847. The normalized spacial score (nSPS) is 26.8. The molecule has 2 N–H and O–H groups in total. The van der Waals surface area contributed by atoms with Crippen LogP contribution in [0.2, 0.25) is 0 Å². The van der Waals surface area contributed by atoms with E-state index in [0.29, 0.717) is 5.92 Å². The molecule has 0 bridgehead atoms. The molecule has 0 spiro atoms. The number of aryl methyl sites for hydroxylation is 2. The Bertz CT molecular complexity index is 379. The van der Waals surface area contributed by atoms with Crippen LogP contribution in [0.5, 0.6) is 0 Å². The standard InChI is InChI=1S/C15H24N2/c1-10-4-6-13(7-5-10)14(16)15-12(3)8-11(2)9-17-15/h8-10,13-14H,4-7,16H2,1-3H3. The zero-order valence-corrected chi connectivity index (χ0v) is 11.2. The zero-order chi connectivity index (χ0) is 12.4. The summed E-state index contributed by atoms with van der Waals surface area (Å²) in [4.78, 5) is 4.55. The Morgan fingerprint density at radius 1 is 1.24 bits per heavy atom. The van der Waals surface area contributed by atoms with Crippen molar-refractivity contribution in [3.8, 4) is 0 Å². The van der Waals surface area contributed by atoms with Crippen molar-refractivity contribution in [2.24, 2.45) is 17.6 Å². The lowest BCUT2D eigenvalue weighted by atomic mass is 9.78. The van der Waals surface area contributed by atoms with Crippen LogP contribution >= 0.6 is 0 Å². The van der Waals surface area contributed by atoms with Gasteiger partial charge < -0.3 is 5.73 Å². The first kappa shape index (κ1) is 12.6. The van der Waals surface area contributed by atoms with Gasteiger partial charge in [0.15, 0.2) is 0 Å². The molecule has 1 heterocycles. The van der Waals surface area contributed by atoms with Crippen molar-refractivity contribution < 1.29 is 0 Å². The minimum Gasteiger partial charge on any atom is -0.322 e. The molecule has 0 aromatic carbocycles. The van der Waals surface area contributed by atoms with Gasteiger partial charge in [0.25, 0.3) is 0 Å². The van der Waals surface area contributed by atoms with E-state index in [1.54, 1.807) is 0 Å². The lowest BCUT2D eigenvalue weighted by Crippen LogP contribution is -2.27. The zero-order valence-electron chi connectivity index (χ0n) is 11.2. The van der Waals surface area contributed by atoms with Gasteiger partial charge in [0, 0.05) is 6.20 Å². The third-order valence-electron chi connectivity index (χ3n) is 4.14. The summed E-state index contributed by atoms with van der Waals surface area (Å²) in [6.45, 7) is 6.55. The molecule has 1 unspecified atom stereocenters. The summed E-state index contributed by atoms with van der Waals surface area (Å²) < 4.78 is 0. The van der Waals surface area contributed by atoms with Crippen LogP contribution in [0.15, 0.2) is 12.3 Å². The van der Waals surface area contributed by atoms with E-state index in [4.69, 9.17) is 5.73 Å². The summed E-state index contributed by atoms with van der Waals surface area (Å²) in [5.41, 5.74) is 9.97. The van der Waals surface area contributed by atoms with Crippen LogP contribution in [0.1, 0.15) is 55.5 Å². The van der Waals surface area contributed by atoms with Gasteiger partial charge in [0.1, 0.15) is 0 Å². The monoisotopic (exact) mass is 232 g/mol. The number of rotatable bonds is 2. The highest BCUT2D eigenvalue weighted by atomic mass is 14.8. The number of aromatic nitrogens is 1. The van der Waals surface area contributed by atoms with E-state index in [1.165, 1.54) is 36.8 Å². The highest BCUT2D eigenvalue weighted by Crippen LogP contribution is 2.35. The summed E-state index contributed by atoms with van der Waals surface area (Å²) in [5, 5.41) is 0. The van der Waals surface area contributed by atoms with Crippen LogP contribution in [0.25, 0.3) is 0 Å². The molecule has 0 amide bonds. The Morgan fingerprint density at radius 2 is 1.88 bits per heavy atom. The maximum atomic E-state index is 6.40. The summed E-state index contributed by atoms with van der Waals surface area (Å²) >= 11 is 0. The molecular weight excluding hydrogens is 208 g/mol. The van der Waals surface area contributed by atoms with Gasteiger partial charge in [-0.15, -0.1) is 0 Å². The average Bonchev–Trinajstić information content (AvgIpc) is 2.29. The number of pyridine rings is 1. The Morgan fingerprint density at radius 3 is 2.47 bits per heavy atom. The maximum absolute atomic E-state index is 6.40. The van der Waals surface area contributed by atoms with E-state index >= 15 is 0 Å². The van der Waals surface area contributed by atoms with Crippen LogP contribution in [0.4, 0.5) is 0 Å². The fraction of sp³-hybridized carbons (Fsp3) is 0.667. The lowest BCUT2D eigenvalue weighted by molar-refractivity contribution is 0.253. The summed E-state index contributed by atoms with van der Waals surface area (Å²) in [6, 6.07) is 2.32. The van der Waals surface area contributed by atoms with Crippen LogP contribution in [-0.4, -0.2) is 4.98 Å². The minimum absolute atomic E-state index is 0.128. The molecule has 1 aromatic heterocycles. The highest BCUT2D eigenvalue weighted by Gasteiger charge is 2.26. The molecule has 2 heteroatoms. The van der Waals surface area contributed by atoms with Crippen molar-refractivity contribution in [3.63, 3.8) is 0 Å². The molecule has 0 aliphatic heterocycles. The Balaban J connectivity index is 2.11. The summed E-state index contributed by atoms with van der Waals surface area (Å²) in [6.07, 6.45) is 7.11. The van der Waals surface area contributed by atoms with Gasteiger partial charge >= 0.3 is 0 Å². The molecule has 1 aromatic rings. The number of hydrogen-bond acceptors (Lipinski definition) is 2. The van der Waals surface area contributed by atoms with E-state index in [-0.39, 0.29) is 6.04 Å². The van der Waals surface area contributed by atoms with E-state index < -0.39 is 0 Å². The van der Waals surface area contributed by atoms with Gasteiger partial charge in [-0.05, 0) is 49.7 Å². The molecule has 1 aliphatic carbocycles. The minimum atomic E-state index is 0.128. The van der Waals surface area contributed by atoms with E-state index in [1.807, 2.05) is 6.20 Å². The molecular formula is C15H24N2. The second-order valence-electron chi connectivity index (χ2n) is 5.76. The average molecular weight is 232 g/mol. The van der Waals surface area contributed by atoms with Crippen molar-refractivity contribution in [2.75, 3.05) is 0 Å². The third kappa shape index (κ3) is 2.86. The molecule has 94 valence electrons. The first-order chi connectivity index (χ1) is 8.08. The van der Waals surface area contributed by atoms with Crippen LogP contribution in [0, 0.1) is 25.7 Å². The Hall–Kier alpha value is -0.890. The number of nitrogens with two attached hydrogens (primary N) is 1. The maximum Gasteiger partial charge on any atom is 0.0603 e. The molecule has 1 aliphatic rings. The first-order valence-corrected chi connectivity index (χ1v) is 6.76. The SMILES string of the molecule is Cc1cnc(C(N)C2CCC(C)CC2)c(C)c1. The Labute approximate surface area is 105 Å². The fourth-order valence-corrected chi connectivity index (χ4v) is 2.94. The second-order valence-corrected chi connectivity index (χ2v) is 5.76. The third-order valence-corrected chi connectivity index (χ3v) is 4.14. The molecule has 1 atom stereocenters. The molecule has 1 saturated carbocycles. The predicted molar refractivity (Wildman–Crippen MR) is 71.8 cm³/mol. The number of hydrogen-bond donors (Lipinski definition) is 1. The second kappa shape index (κ2) is 5.18. The van der Waals surface area contributed by atoms with E-state index in [0.717, 1.165) is 11.6 Å². The molecule has 0 saturated heterocycles. The van der Waals surface area contributed by atoms with E-state index in [9.17, 15) is 0 Å². The topological polar surface area (TPSA) is 38.9 Å².